The van der Waals surface area contributed by atoms with Crippen molar-refractivity contribution in [1.82, 2.24) is 15.1 Å². The highest BCUT2D eigenvalue weighted by Crippen LogP contribution is 2.28. The van der Waals surface area contributed by atoms with Crippen molar-refractivity contribution >= 4 is 5.91 Å². The molecule has 0 saturated carbocycles. The van der Waals surface area contributed by atoms with E-state index in [4.69, 9.17) is 9.47 Å². The first-order chi connectivity index (χ1) is 11.5. The first-order valence-corrected chi connectivity index (χ1v) is 8.01. The molecule has 0 radical (unpaired) electrons. The molecule has 130 valence electrons. The van der Waals surface area contributed by atoms with Gasteiger partial charge in [0.15, 0.2) is 11.5 Å². The summed E-state index contributed by atoms with van der Waals surface area (Å²) in [5, 5.41) is 7.28. The first kappa shape index (κ1) is 17.8. The molecule has 0 bridgehead atoms. The molecule has 1 aromatic carbocycles. The standard InChI is InChI=1S/C18H25N3O3/c1-6-24-16-8-7-14(9-17(16)23-5)11-19-18(22)10-15-12(2)20-21(4)13(15)3/h7-9H,6,10-11H2,1-5H3,(H,19,22). The summed E-state index contributed by atoms with van der Waals surface area (Å²) in [6.07, 6.45) is 0.333. The maximum atomic E-state index is 12.2. The molecule has 2 aromatic rings. The molecular weight excluding hydrogens is 306 g/mol. The zero-order valence-corrected chi connectivity index (χ0v) is 15.0. The first-order valence-electron chi connectivity index (χ1n) is 8.01. The van der Waals surface area contributed by atoms with Crippen LogP contribution in [0.4, 0.5) is 0 Å². The van der Waals surface area contributed by atoms with Gasteiger partial charge in [-0.2, -0.15) is 5.10 Å². The lowest BCUT2D eigenvalue weighted by molar-refractivity contribution is -0.120. The van der Waals surface area contributed by atoms with Gasteiger partial charge in [-0.3, -0.25) is 9.48 Å². The largest absolute Gasteiger partial charge is 0.493 e. The summed E-state index contributed by atoms with van der Waals surface area (Å²) in [7, 11) is 3.49. The number of nitrogens with one attached hydrogen (secondary N) is 1. The van der Waals surface area contributed by atoms with Crippen LogP contribution in [-0.4, -0.2) is 29.4 Å². The number of benzene rings is 1. The number of methoxy groups -OCH3 is 1. The zero-order valence-electron chi connectivity index (χ0n) is 15.0. The van der Waals surface area contributed by atoms with Gasteiger partial charge in [0.25, 0.3) is 0 Å². The molecular formula is C18H25N3O3. The molecule has 6 nitrogen and oxygen atoms in total. The Morgan fingerprint density at radius 2 is 2.04 bits per heavy atom. The van der Waals surface area contributed by atoms with Crippen LogP contribution in [0.1, 0.15) is 29.4 Å². The van der Waals surface area contributed by atoms with Gasteiger partial charge in [-0.1, -0.05) is 6.07 Å². The number of amides is 1. The maximum absolute atomic E-state index is 12.2. The minimum Gasteiger partial charge on any atom is -0.493 e. The summed E-state index contributed by atoms with van der Waals surface area (Å²) in [4.78, 5) is 12.2. The minimum absolute atomic E-state index is 0.0259. The third kappa shape index (κ3) is 4.07. The van der Waals surface area contributed by atoms with E-state index in [1.54, 1.807) is 11.8 Å². The van der Waals surface area contributed by atoms with Crippen molar-refractivity contribution in [3.8, 4) is 11.5 Å². The molecule has 2 rings (SSSR count). The Morgan fingerprint density at radius 3 is 2.62 bits per heavy atom. The van der Waals surface area contributed by atoms with Crippen LogP contribution in [0.5, 0.6) is 11.5 Å². The topological polar surface area (TPSA) is 65.4 Å². The molecule has 1 heterocycles. The van der Waals surface area contributed by atoms with Crippen LogP contribution in [0.2, 0.25) is 0 Å². The van der Waals surface area contributed by atoms with E-state index in [0.717, 1.165) is 22.5 Å². The Labute approximate surface area is 142 Å². The van der Waals surface area contributed by atoms with Crippen LogP contribution in [0.15, 0.2) is 18.2 Å². The van der Waals surface area contributed by atoms with Crippen molar-refractivity contribution < 1.29 is 14.3 Å². The monoisotopic (exact) mass is 331 g/mol. The molecule has 0 fully saturated rings. The second kappa shape index (κ2) is 7.86. The van der Waals surface area contributed by atoms with Gasteiger partial charge in [0.05, 0.1) is 25.8 Å². The van der Waals surface area contributed by atoms with Crippen molar-refractivity contribution in [1.29, 1.82) is 0 Å². The van der Waals surface area contributed by atoms with Crippen LogP contribution >= 0.6 is 0 Å². The van der Waals surface area contributed by atoms with Gasteiger partial charge in [0, 0.05) is 24.8 Å². The maximum Gasteiger partial charge on any atom is 0.224 e. The molecule has 1 amide bonds. The summed E-state index contributed by atoms with van der Waals surface area (Å²) < 4.78 is 12.6. The van der Waals surface area contributed by atoms with E-state index < -0.39 is 0 Å². The molecule has 0 spiro atoms. The average molecular weight is 331 g/mol. The van der Waals surface area contributed by atoms with Crippen molar-refractivity contribution in [2.24, 2.45) is 7.05 Å². The predicted molar refractivity (Wildman–Crippen MR) is 92.4 cm³/mol. The summed E-state index contributed by atoms with van der Waals surface area (Å²) in [5.41, 5.74) is 3.86. The Morgan fingerprint density at radius 1 is 1.29 bits per heavy atom. The van der Waals surface area contributed by atoms with E-state index in [1.807, 2.05) is 46.0 Å². The SMILES string of the molecule is CCOc1ccc(CNC(=O)Cc2c(C)nn(C)c2C)cc1OC. The summed E-state index contributed by atoms with van der Waals surface area (Å²) in [6.45, 7) is 6.85. The van der Waals surface area contributed by atoms with E-state index in [1.165, 1.54) is 0 Å². The Kier molecular flexibility index (Phi) is 5.84. The van der Waals surface area contributed by atoms with Gasteiger partial charge in [0.1, 0.15) is 0 Å². The third-order valence-electron chi connectivity index (χ3n) is 4.01. The number of hydrogen-bond donors (Lipinski definition) is 1. The molecule has 0 saturated heterocycles. The summed E-state index contributed by atoms with van der Waals surface area (Å²) in [6, 6.07) is 5.67. The molecule has 0 aliphatic rings. The van der Waals surface area contributed by atoms with Gasteiger partial charge < -0.3 is 14.8 Å². The van der Waals surface area contributed by atoms with Crippen molar-refractivity contribution in [2.45, 2.75) is 33.7 Å². The highest BCUT2D eigenvalue weighted by molar-refractivity contribution is 5.79. The average Bonchev–Trinajstić information content (AvgIpc) is 2.80. The van der Waals surface area contributed by atoms with Crippen LogP contribution in [0.25, 0.3) is 0 Å². The molecule has 0 aliphatic carbocycles. The zero-order chi connectivity index (χ0) is 17.7. The number of hydrogen-bond acceptors (Lipinski definition) is 4. The number of aromatic nitrogens is 2. The fraction of sp³-hybridized carbons (Fsp3) is 0.444. The number of carbonyl (C=O) groups excluding carboxylic acids is 1. The second-order valence-electron chi connectivity index (χ2n) is 5.64. The van der Waals surface area contributed by atoms with Crippen LogP contribution < -0.4 is 14.8 Å². The smallest absolute Gasteiger partial charge is 0.224 e. The Bertz CT molecular complexity index is 723. The van der Waals surface area contributed by atoms with Gasteiger partial charge in [-0.25, -0.2) is 0 Å². The van der Waals surface area contributed by atoms with E-state index in [0.29, 0.717) is 31.1 Å². The quantitative estimate of drug-likeness (QED) is 0.845. The molecule has 6 heteroatoms. The fourth-order valence-corrected chi connectivity index (χ4v) is 2.59. The molecule has 0 atom stereocenters. The number of carbonyl (C=O) groups is 1. The third-order valence-corrected chi connectivity index (χ3v) is 4.01. The van der Waals surface area contributed by atoms with Crippen LogP contribution in [0.3, 0.4) is 0 Å². The van der Waals surface area contributed by atoms with Crippen molar-refractivity contribution in [2.75, 3.05) is 13.7 Å². The van der Waals surface area contributed by atoms with Gasteiger partial charge in [0.2, 0.25) is 5.91 Å². The number of rotatable bonds is 7. The fourth-order valence-electron chi connectivity index (χ4n) is 2.59. The Balaban J connectivity index is 1.99. The van der Waals surface area contributed by atoms with Crippen LogP contribution in [-0.2, 0) is 24.8 Å². The molecule has 0 aliphatic heterocycles. The second-order valence-corrected chi connectivity index (χ2v) is 5.64. The summed E-state index contributed by atoms with van der Waals surface area (Å²) >= 11 is 0. The number of ether oxygens (including phenoxy) is 2. The lowest BCUT2D eigenvalue weighted by atomic mass is 10.1. The van der Waals surface area contributed by atoms with E-state index >= 15 is 0 Å². The highest BCUT2D eigenvalue weighted by Gasteiger charge is 2.13. The van der Waals surface area contributed by atoms with Gasteiger partial charge in [-0.05, 0) is 38.5 Å². The summed E-state index contributed by atoms with van der Waals surface area (Å²) in [5.74, 6) is 1.35. The predicted octanol–water partition coefficient (Wildman–Crippen LogP) is 2.30. The van der Waals surface area contributed by atoms with Gasteiger partial charge in [-0.15, -0.1) is 0 Å². The van der Waals surface area contributed by atoms with Crippen molar-refractivity contribution in [3.05, 3.63) is 40.7 Å². The lowest BCUT2D eigenvalue weighted by Crippen LogP contribution is -2.25. The lowest BCUT2D eigenvalue weighted by Gasteiger charge is -2.11. The van der Waals surface area contributed by atoms with Gasteiger partial charge >= 0.3 is 0 Å². The number of nitrogens with zero attached hydrogens (tertiary/aromatic N) is 2. The molecule has 24 heavy (non-hydrogen) atoms. The number of aryl methyl sites for hydroxylation is 2. The molecule has 1 aromatic heterocycles. The minimum atomic E-state index is -0.0259. The van der Waals surface area contributed by atoms with Crippen LogP contribution in [0, 0.1) is 13.8 Å². The van der Waals surface area contributed by atoms with Crippen molar-refractivity contribution in [3.63, 3.8) is 0 Å². The van der Waals surface area contributed by atoms with E-state index in [2.05, 4.69) is 10.4 Å². The molecule has 1 N–H and O–H groups in total. The highest BCUT2D eigenvalue weighted by atomic mass is 16.5. The van der Waals surface area contributed by atoms with E-state index in [-0.39, 0.29) is 5.91 Å². The normalized spacial score (nSPS) is 10.5. The van der Waals surface area contributed by atoms with E-state index in [9.17, 15) is 4.79 Å². The Hall–Kier alpha value is -2.50. The molecule has 0 unspecified atom stereocenters.